The number of halogens is 3. The van der Waals surface area contributed by atoms with Crippen LogP contribution in [0.25, 0.3) is 22.5 Å². The Balaban J connectivity index is 1.38. The molecule has 3 aromatic rings. The van der Waals surface area contributed by atoms with Crippen LogP contribution in [-0.4, -0.2) is 41.8 Å². The molecule has 3 aliphatic rings. The van der Waals surface area contributed by atoms with Gasteiger partial charge in [0.2, 0.25) is 0 Å². The van der Waals surface area contributed by atoms with E-state index in [1.54, 1.807) is 42.3 Å². The van der Waals surface area contributed by atoms with E-state index in [2.05, 4.69) is 35.3 Å². The predicted octanol–water partition coefficient (Wildman–Crippen LogP) is 4.42. The van der Waals surface area contributed by atoms with Crippen LogP contribution in [-0.2, 0) is 19.8 Å². The summed E-state index contributed by atoms with van der Waals surface area (Å²) in [5.41, 5.74) is 2.91. The smallest absolute Gasteiger partial charge is 0.369 e. The van der Waals surface area contributed by atoms with Crippen molar-refractivity contribution in [2.45, 2.75) is 19.6 Å². The zero-order chi connectivity index (χ0) is 28.0. The van der Waals surface area contributed by atoms with Gasteiger partial charge in [-0.15, -0.1) is 0 Å². The van der Waals surface area contributed by atoms with E-state index in [9.17, 15) is 18.0 Å². The Morgan fingerprint density at radius 2 is 1.93 bits per heavy atom. The molecule has 1 aromatic carbocycles. The van der Waals surface area contributed by atoms with E-state index in [4.69, 9.17) is 4.98 Å². The van der Waals surface area contributed by atoms with Gasteiger partial charge in [0.15, 0.2) is 5.82 Å². The van der Waals surface area contributed by atoms with Gasteiger partial charge in [-0.3, -0.25) is 14.5 Å². The zero-order valence-electron chi connectivity index (χ0n) is 21.4. The molecule has 40 heavy (non-hydrogen) atoms. The molecule has 0 saturated carbocycles. The molecular weight excluding hydrogens is 523 g/mol. The first-order valence-electron chi connectivity index (χ1n) is 12.3. The van der Waals surface area contributed by atoms with Crippen LogP contribution < -0.4 is 16.3 Å². The third-order valence-corrected chi connectivity index (χ3v) is 6.61. The lowest BCUT2D eigenvalue weighted by atomic mass is 9.98. The summed E-state index contributed by atoms with van der Waals surface area (Å²) in [5.74, 6) is 1.46. The van der Waals surface area contributed by atoms with Crippen molar-refractivity contribution in [1.82, 2.24) is 29.3 Å². The van der Waals surface area contributed by atoms with Crippen LogP contribution in [0, 0.1) is 6.92 Å². The first-order chi connectivity index (χ1) is 19.2. The normalized spacial score (nSPS) is 13.4. The van der Waals surface area contributed by atoms with Gasteiger partial charge in [0.1, 0.15) is 17.3 Å². The minimum absolute atomic E-state index is 0.314. The summed E-state index contributed by atoms with van der Waals surface area (Å²) < 4.78 is 43.0. The molecule has 2 aromatic heterocycles. The van der Waals surface area contributed by atoms with Crippen LogP contribution in [0.4, 0.5) is 30.5 Å². The van der Waals surface area contributed by atoms with E-state index in [0.717, 1.165) is 52.2 Å². The number of benzene rings is 1. The summed E-state index contributed by atoms with van der Waals surface area (Å²) >= 11 is 0. The number of aromatic nitrogens is 6. The van der Waals surface area contributed by atoms with Gasteiger partial charge in [-0.1, -0.05) is 6.07 Å². The number of rotatable bonds is 4. The van der Waals surface area contributed by atoms with Gasteiger partial charge in [0, 0.05) is 55.4 Å². The number of nitrogens with zero attached hydrogens (tertiary/aromatic N) is 7. The summed E-state index contributed by atoms with van der Waals surface area (Å²) in [4.78, 5) is 30.2. The summed E-state index contributed by atoms with van der Waals surface area (Å²) in [5, 5.41) is 10.2. The molecule has 0 radical (unpaired) electrons. The number of nitrogens with one attached hydrogen (secondary N) is 2. The van der Waals surface area contributed by atoms with Crippen LogP contribution in [0.2, 0.25) is 0 Å². The lowest BCUT2D eigenvalue weighted by Gasteiger charge is -2.19. The van der Waals surface area contributed by atoms with Gasteiger partial charge in [-0.25, -0.2) is 4.98 Å². The standard InChI is InChI=1S/C27H22F3N9O/c1-15-3-4-18(35-25(40)21-12-17(5-7-31-21)27(28,29)30)13-19(15)20-11-16-14-33-26(36-22-6-8-34-38(22)2)37-23(16)39-10-9-32-24(20)39/h3-8,11-14,32H,9-10H2,1-2H3,(H,35,40). The predicted molar refractivity (Wildman–Crippen MR) is 141 cm³/mol. The Morgan fingerprint density at radius 3 is 2.70 bits per heavy atom. The number of aryl methyl sites for hydroxylation is 2. The molecule has 5 heterocycles. The largest absolute Gasteiger partial charge is 0.416 e. The van der Waals surface area contributed by atoms with E-state index in [-0.39, 0.29) is 5.69 Å². The number of alkyl halides is 3. The quantitative estimate of drug-likeness (QED) is 0.346. The molecule has 0 saturated heterocycles. The summed E-state index contributed by atoms with van der Waals surface area (Å²) in [6.07, 6.45) is -0.241. The minimum Gasteiger partial charge on any atom is -0.369 e. The average molecular weight is 546 g/mol. The van der Waals surface area contributed by atoms with Gasteiger partial charge < -0.3 is 15.2 Å². The highest BCUT2D eigenvalue weighted by atomic mass is 19.4. The van der Waals surface area contributed by atoms with Crippen molar-refractivity contribution in [1.29, 1.82) is 0 Å². The molecule has 3 aliphatic heterocycles. The van der Waals surface area contributed by atoms with Gasteiger partial charge >= 0.3 is 6.18 Å². The van der Waals surface area contributed by atoms with Gasteiger partial charge in [-0.05, 0) is 48.4 Å². The van der Waals surface area contributed by atoms with E-state index in [1.165, 1.54) is 0 Å². The van der Waals surface area contributed by atoms with Crippen molar-refractivity contribution < 1.29 is 18.0 Å². The number of carbonyl (C=O) groups excluding carboxylic acids is 1. The van der Waals surface area contributed by atoms with Crippen molar-refractivity contribution in [2.24, 2.45) is 12.0 Å². The number of hydrogen-bond acceptors (Lipinski definition) is 7. The van der Waals surface area contributed by atoms with E-state index >= 15 is 0 Å². The van der Waals surface area contributed by atoms with Crippen LogP contribution in [0.15, 0.2) is 66.0 Å². The number of carbonyl (C=O) groups is 1. The minimum atomic E-state index is -4.58. The average Bonchev–Trinajstić information content (AvgIpc) is 3.59. The molecule has 10 nitrogen and oxygen atoms in total. The van der Waals surface area contributed by atoms with Crippen LogP contribution >= 0.6 is 0 Å². The summed E-state index contributed by atoms with van der Waals surface area (Å²) in [6, 6.07) is 10.6. The SMILES string of the molecule is Cc1ccc(NC(=O)c2cc(C(F)(F)F)ccn2)cc1-c1cc2cnc(=Nc3ccnn3C)nc-2n2c1NCC2. The first-order valence-corrected chi connectivity index (χ1v) is 12.3. The maximum absolute atomic E-state index is 13.1. The molecule has 2 N–H and O–H groups in total. The molecule has 0 aliphatic carbocycles. The molecule has 6 rings (SSSR count). The van der Waals surface area contributed by atoms with Gasteiger partial charge in [-0.2, -0.15) is 28.2 Å². The second-order valence-electron chi connectivity index (χ2n) is 9.27. The number of amides is 1. The number of pyridine rings is 2. The second kappa shape index (κ2) is 9.59. The fraction of sp³-hybridized carbons (Fsp3) is 0.185. The van der Waals surface area contributed by atoms with E-state index < -0.39 is 17.6 Å². The third-order valence-electron chi connectivity index (χ3n) is 6.61. The first kappa shape index (κ1) is 25.2. The fourth-order valence-corrected chi connectivity index (χ4v) is 4.62. The molecule has 202 valence electrons. The maximum Gasteiger partial charge on any atom is 0.416 e. The Kier molecular flexibility index (Phi) is 6.05. The second-order valence-corrected chi connectivity index (χ2v) is 9.27. The molecule has 1 amide bonds. The van der Waals surface area contributed by atoms with Crippen molar-refractivity contribution in [2.75, 3.05) is 17.2 Å². The highest BCUT2D eigenvalue weighted by molar-refractivity contribution is 6.03. The van der Waals surface area contributed by atoms with E-state index in [0.29, 0.717) is 30.2 Å². The van der Waals surface area contributed by atoms with Gasteiger partial charge in [0.25, 0.3) is 11.5 Å². The van der Waals surface area contributed by atoms with Crippen molar-refractivity contribution in [3.63, 3.8) is 0 Å². The molecule has 0 spiro atoms. The highest BCUT2D eigenvalue weighted by Gasteiger charge is 2.31. The molecular formula is C27H22F3N9O. The Labute approximate surface area is 225 Å². The monoisotopic (exact) mass is 545 g/mol. The van der Waals surface area contributed by atoms with Crippen molar-refractivity contribution in [3.05, 3.63) is 83.5 Å². The number of hydrogen-bond donors (Lipinski definition) is 2. The Bertz CT molecular complexity index is 1810. The van der Waals surface area contributed by atoms with Crippen molar-refractivity contribution in [3.8, 4) is 22.5 Å². The Hall–Kier alpha value is -5.07. The lowest BCUT2D eigenvalue weighted by Crippen LogP contribution is -2.18. The highest BCUT2D eigenvalue weighted by Crippen LogP contribution is 2.39. The number of anilines is 2. The molecule has 0 atom stereocenters. The fourth-order valence-electron chi connectivity index (χ4n) is 4.62. The topological polar surface area (TPSA) is 115 Å². The van der Waals surface area contributed by atoms with Gasteiger partial charge in [0.05, 0.1) is 11.8 Å². The van der Waals surface area contributed by atoms with Crippen molar-refractivity contribution >= 4 is 23.2 Å². The van der Waals surface area contributed by atoms with Crippen LogP contribution in [0.3, 0.4) is 0 Å². The summed E-state index contributed by atoms with van der Waals surface area (Å²) in [7, 11) is 1.79. The van der Waals surface area contributed by atoms with Crippen LogP contribution in [0.1, 0.15) is 21.6 Å². The zero-order valence-corrected chi connectivity index (χ0v) is 21.4. The molecule has 13 heteroatoms. The number of fused-ring (bicyclic) bond motifs is 3. The van der Waals surface area contributed by atoms with Crippen LogP contribution in [0.5, 0.6) is 0 Å². The summed E-state index contributed by atoms with van der Waals surface area (Å²) in [6.45, 7) is 3.32. The maximum atomic E-state index is 13.1. The molecule has 0 fully saturated rings. The lowest BCUT2D eigenvalue weighted by molar-refractivity contribution is -0.137. The third kappa shape index (κ3) is 4.65. The molecule has 0 bridgehead atoms. The molecule has 0 unspecified atom stereocenters. The Morgan fingerprint density at radius 1 is 1.07 bits per heavy atom. The van der Waals surface area contributed by atoms with E-state index in [1.807, 2.05) is 19.1 Å².